The molecule has 1 amide bonds. The van der Waals surface area contributed by atoms with Crippen LogP contribution in [0, 0.1) is 6.92 Å². The Morgan fingerprint density at radius 1 is 1.25 bits per heavy atom. The highest BCUT2D eigenvalue weighted by Gasteiger charge is 2.06. The summed E-state index contributed by atoms with van der Waals surface area (Å²) < 4.78 is 5.46. The highest BCUT2D eigenvalue weighted by Crippen LogP contribution is 2.15. The zero-order valence-electron chi connectivity index (χ0n) is 11.0. The van der Waals surface area contributed by atoms with Gasteiger partial charge in [0.05, 0.1) is 18.4 Å². The topological polar surface area (TPSA) is 64.1 Å². The number of hydrogen-bond donors (Lipinski definition) is 1. The number of aromatic nitrogens is 2. The molecule has 0 aliphatic rings. The van der Waals surface area contributed by atoms with Gasteiger partial charge in [-0.2, -0.15) is 0 Å². The fraction of sp³-hybridized carbons (Fsp3) is 0.214. The van der Waals surface area contributed by atoms with Gasteiger partial charge in [0.1, 0.15) is 18.1 Å². The summed E-state index contributed by atoms with van der Waals surface area (Å²) in [4.78, 5) is 19.7. The van der Waals surface area contributed by atoms with Crippen molar-refractivity contribution in [2.45, 2.75) is 6.92 Å². The van der Waals surface area contributed by atoms with Gasteiger partial charge >= 0.3 is 0 Å². The molecule has 2 rings (SSSR count). The molecule has 1 N–H and O–H groups in total. The first-order valence-corrected chi connectivity index (χ1v) is 6.48. The number of ether oxygens (including phenoxy) is 1. The number of halogens is 1. The minimum Gasteiger partial charge on any atom is -0.492 e. The molecule has 2 aromatic rings. The van der Waals surface area contributed by atoms with Gasteiger partial charge in [0.2, 0.25) is 0 Å². The number of benzene rings is 1. The van der Waals surface area contributed by atoms with Crippen molar-refractivity contribution in [2.75, 3.05) is 13.2 Å². The molecule has 0 saturated heterocycles. The Morgan fingerprint density at radius 3 is 2.65 bits per heavy atom. The van der Waals surface area contributed by atoms with Crippen molar-refractivity contribution >= 4 is 17.5 Å². The zero-order chi connectivity index (χ0) is 14.4. The minimum absolute atomic E-state index is 0.266. The van der Waals surface area contributed by atoms with Crippen molar-refractivity contribution in [1.82, 2.24) is 15.3 Å². The van der Waals surface area contributed by atoms with Crippen LogP contribution in [0.1, 0.15) is 16.2 Å². The standard InChI is InChI=1S/C14H14ClN3O2/c1-10-8-18-13(9-17-10)14(19)16-6-7-20-12-4-2-11(15)3-5-12/h2-5,8-9H,6-7H2,1H3,(H,16,19). The van der Waals surface area contributed by atoms with E-state index in [1.54, 1.807) is 30.5 Å². The quantitative estimate of drug-likeness (QED) is 0.858. The molecule has 5 nitrogen and oxygen atoms in total. The van der Waals surface area contributed by atoms with Gasteiger partial charge in [-0.3, -0.25) is 9.78 Å². The number of nitrogens with one attached hydrogen (secondary N) is 1. The van der Waals surface area contributed by atoms with Crippen LogP contribution in [0.15, 0.2) is 36.7 Å². The number of carbonyl (C=O) groups is 1. The first-order chi connectivity index (χ1) is 9.65. The molecule has 0 bridgehead atoms. The van der Waals surface area contributed by atoms with Crippen LogP contribution in [0.3, 0.4) is 0 Å². The van der Waals surface area contributed by atoms with E-state index < -0.39 is 0 Å². The van der Waals surface area contributed by atoms with Gasteiger partial charge in [-0.1, -0.05) is 11.6 Å². The summed E-state index contributed by atoms with van der Waals surface area (Å²) in [5, 5.41) is 3.36. The van der Waals surface area contributed by atoms with E-state index in [1.165, 1.54) is 6.20 Å². The molecular weight excluding hydrogens is 278 g/mol. The van der Waals surface area contributed by atoms with Crippen LogP contribution in [0.4, 0.5) is 0 Å². The third kappa shape index (κ3) is 4.20. The maximum atomic E-state index is 11.7. The lowest BCUT2D eigenvalue weighted by atomic mass is 10.3. The fourth-order valence-electron chi connectivity index (χ4n) is 1.46. The third-order valence-corrected chi connectivity index (χ3v) is 2.74. The number of amides is 1. The van der Waals surface area contributed by atoms with Crippen LogP contribution in [-0.2, 0) is 0 Å². The minimum atomic E-state index is -0.266. The molecule has 0 spiro atoms. The van der Waals surface area contributed by atoms with Crippen molar-refractivity contribution < 1.29 is 9.53 Å². The summed E-state index contributed by atoms with van der Waals surface area (Å²) >= 11 is 5.77. The van der Waals surface area contributed by atoms with Gasteiger partial charge in [0, 0.05) is 11.2 Å². The lowest BCUT2D eigenvalue weighted by molar-refractivity contribution is 0.0941. The Morgan fingerprint density at radius 2 is 2.00 bits per heavy atom. The molecule has 104 valence electrons. The third-order valence-electron chi connectivity index (χ3n) is 2.48. The average Bonchev–Trinajstić information content (AvgIpc) is 2.46. The summed E-state index contributed by atoms with van der Waals surface area (Å²) in [6.45, 7) is 2.57. The summed E-state index contributed by atoms with van der Waals surface area (Å²) in [7, 11) is 0. The summed E-state index contributed by atoms with van der Waals surface area (Å²) in [5.41, 5.74) is 1.06. The molecule has 0 fully saturated rings. The van der Waals surface area contributed by atoms with Crippen LogP contribution in [0.5, 0.6) is 5.75 Å². The maximum Gasteiger partial charge on any atom is 0.271 e. The number of rotatable bonds is 5. The van der Waals surface area contributed by atoms with Crippen molar-refractivity contribution in [2.24, 2.45) is 0 Å². The Bertz CT molecular complexity index is 570. The molecule has 0 unspecified atom stereocenters. The normalized spacial score (nSPS) is 10.1. The number of hydrogen-bond acceptors (Lipinski definition) is 4. The van der Waals surface area contributed by atoms with Crippen molar-refractivity contribution in [1.29, 1.82) is 0 Å². The van der Waals surface area contributed by atoms with Gasteiger partial charge in [-0.05, 0) is 31.2 Å². The van der Waals surface area contributed by atoms with Gasteiger partial charge in [-0.25, -0.2) is 4.98 Å². The molecule has 0 radical (unpaired) electrons. The second-order valence-electron chi connectivity index (χ2n) is 4.10. The van der Waals surface area contributed by atoms with Crippen molar-refractivity contribution in [3.8, 4) is 5.75 Å². The average molecular weight is 292 g/mol. The smallest absolute Gasteiger partial charge is 0.271 e. The molecule has 0 aliphatic heterocycles. The van der Waals surface area contributed by atoms with Crippen LogP contribution in [0.2, 0.25) is 5.02 Å². The molecule has 1 aromatic carbocycles. The fourth-order valence-corrected chi connectivity index (χ4v) is 1.59. The van der Waals surface area contributed by atoms with Gasteiger partial charge in [0.25, 0.3) is 5.91 Å². The van der Waals surface area contributed by atoms with E-state index in [1.807, 2.05) is 6.92 Å². The molecule has 1 aromatic heterocycles. The van der Waals surface area contributed by atoms with Crippen LogP contribution in [-0.4, -0.2) is 29.0 Å². The largest absolute Gasteiger partial charge is 0.492 e. The van der Waals surface area contributed by atoms with Gasteiger partial charge in [0.15, 0.2) is 0 Å². The lowest BCUT2D eigenvalue weighted by Crippen LogP contribution is -2.28. The second-order valence-corrected chi connectivity index (χ2v) is 4.54. The summed E-state index contributed by atoms with van der Waals surface area (Å²) in [6, 6.07) is 7.04. The van der Waals surface area contributed by atoms with Crippen molar-refractivity contribution in [3.63, 3.8) is 0 Å². The van der Waals surface area contributed by atoms with E-state index in [2.05, 4.69) is 15.3 Å². The predicted molar refractivity (Wildman–Crippen MR) is 76.0 cm³/mol. The first-order valence-electron chi connectivity index (χ1n) is 6.10. The Kier molecular flexibility index (Phi) is 4.90. The Labute approximate surface area is 122 Å². The zero-order valence-corrected chi connectivity index (χ0v) is 11.7. The van der Waals surface area contributed by atoms with Gasteiger partial charge < -0.3 is 10.1 Å². The lowest BCUT2D eigenvalue weighted by Gasteiger charge is -2.07. The van der Waals surface area contributed by atoms with E-state index in [-0.39, 0.29) is 5.91 Å². The molecule has 6 heteroatoms. The highest BCUT2D eigenvalue weighted by atomic mass is 35.5. The number of carbonyl (C=O) groups excluding carboxylic acids is 1. The molecule has 0 aliphatic carbocycles. The Hall–Kier alpha value is -2.14. The second kappa shape index (κ2) is 6.86. The van der Waals surface area contributed by atoms with Crippen LogP contribution < -0.4 is 10.1 Å². The molecule has 0 atom stereocenters. The SMILES string of the molecule is Cc1cnc(C(=O)NCCOc2ccc(Cl)cc2)cn1. The Balaban J connectivity index is 1.74. The van der Waals surface area contributed by atoms with Crippen LogP contribution in [0.25, 0.3) is 0 Å². The molecule has 20 heavy (non-hydrogen) atoms. The van der Waals surface area contributed by atoms with Gasteiger partial charge in [-0.15, -0.1) is 0 Å². The van der Waals surface area contributed by atoms with Crippen LogP contribution >= 0.6 is 11.6 Å². The van der Waals surface area contributed by atoms with Crippen molar-refractivity contribution in [3.05, 3.63) is 53.1 Å². The molecule has 0 saturated carbocycles. The van der Waals surface area contributed by atoms with E-state index in [0.29, 0.717) is 29.6 Å². The predicted octanol–water partition coefficient (Wildman–Crippen LogP) is 2.25. The molecular formula is C14H14ClN3O2. The summed E-state index contributed by atoms with van der Waals surface area (Å²) in [5.74, 6) is 0.441. The monoisotopic (exact) mass is 291 g/mol. The van der Waals surface area contributed by atoms with E-state index in [9.17, 15) is 4.79 Å². The maximum absolute atomic E-state index is 11.7. The van der Waals surface area contributed by atoms with E-state index in [4.69, 9.17) is 16.3 Å². The number of nitrogens with zero attached hydrogens (tertiary/aromatic N) is 2. The highest BCUT2D eigenvalue weighted by molar-refractivity contribution is 6.30. The summed E-state index contributed by atoms with van der Waals surface area (Å²) in [6.07, 6.45) is 3.00. The first kappa shape index (κ1) is 14.3. The molecule has 1 heterocycles. The number of aryl methyl sites for hydroxylation is 1. The van der Waals surface area contributed by atoms with E-state index >= 15 is 0 Å². The van der Waals surface area contributed by atoms with E-state index in [0.717, 1.165) is 5.69 Å².